The first-order valence-electron chi connectivity index (χ1n) is 7.56. The van der Waals surface area contributed by atoms with Gasteiger partial charge in [-0.3, -0.25) is 0 Å². The van der Waals surface area contributed by atoms with Gasteiger partial charge in [0.15, 0.2) is 5.96 Å². The number of nitrogens with two attached hydrogens (primary N) is 1. The maximum absolute atomic E-state index is 5.92. The zero-order chi connectivity index (χ0) is 15.7. The lowest BCUT2D eigenvalue weighted by Crippen LogP contribution is -2.38. The van der Waals surface area contributed by atoms with E-state index in [1.54, 1.807) is 13.3 Å². The number of methoxy groups -OCH3 is 1. The molecule has 0 aliphatic rings. The smallest absolute Gasteiger partial charge is 0.213 e. The molecule has 0 aliphatic heterocycles. The van der Waals surface area contributed by atoms with Crippen LogP contribution >= 0.6 is 24.0 Å². The van der Waals surface area contributed by atoms with E-state index < -0.39 is 0 Å². The molecule has 1 aromatic rings. The van der Waals surface area contributed by atoms with E-state index in [4.69, 9.17) is 10.5 Å². The number of hydrogen-bond donors (Lipinski definition) is 2. The highest BCUT2D eigenvalue weighted by Gasteiger charge is 2.04. The number of rotatable bonds is 8. The molecule has 1 rings (SSSR count). The maximum atomic E-state index is 5.92. The highest BCUT2D eigenvalue weighted by atomic mass is 127. The molecule has 1 aromatic heterocycles. The Morgan fingerprint density at radius 2 is 2.09 bits per heavy atom. The second-order valence-electron chi connectivity index (χ2n) is 5.78. The van der Waals surface area contributed by atoms with Crippen LogP contribution in [0.4, 0.5) is 0 Å². The molecule has 126 valence electrons. The van der Waals surface area contributed by atoms with Crippen LogP contribution < -0.4 is 15.8 Å². The number of aromatic nitrogens is 1. The molecule has 0 saturated carbocycles. The Labute approximate surface area is 151 Å². The third-order valence-corrected chi connectivity index (χ3v) is 3.25. The van der Waals surface area contributed by atoms with Gasteiger partial charge in [0.2, 0.25) is 5.88 Å². The predicted molar refractivity (Wildman–Crippen MR) is 103 cm³/mol. The molecule has 22 heavy (non-hydrogen) atoms. The van der Waals surface area contributed by atoms with Gasteiger partial charge in [0, 0.05) is 18.3 Å². The highest BCUT2D eigenvalue weighted by Crippen LogP contribution is 2.10. The number of guanidine groups is 1. The van der Waals surface area contributed by atoms with Gasteiger partial charge in [-0.2, -0.15) is 0 Å². The van der Waals surface area contributed by atoms with E-state index in [0.717, 1.165) is 17.9 Å². The van der Waals surface area contributed by atoms with E-state index in [1.807, 2.05) is 12.1 Å². The fraction of sp³-hybridized carbons (Fsp3) is 0.625. The average Bonchev–Trinajstić information content (AvgIpc) is 2.45. The summed E-state index contributed by atoms with van der Waals surface area (Å²) >= 11 is 0. The summed E-state index contributed by atoms with van der Waals surface area (Å²) in [6.07, 6.45) is 5.28. The average molecular weight is 420 g/mol. The molecule has 1 atom stereocenters. The van der Waals surface area contributed by atoms with Crippen molar-refractivity contribution in [1.82, 2.24) is 10.3 Å². The van der Waals surface area contributed by atoms with Crippen molar-refractivity contribution in [3.05, 3.63) is 23.9 Å². The van der Waals surface area contributed by atoms with Crippen molar-refractivity contribution in [2.24, 2.45) is 16.6 Å². The first kappa shape index (κ1) is 20.9. The summed E-state index contributed by atoms with van der Waals surface area (Å²) in [5, 5.41) is 3.23. The predicted octanol–water partition coefficient (Wildman–Crippen LogP) is 3.33. The minimum absolute atomic E-state index is 0. The van der Waals surface area contributed by atoms with Crippen LogP contribution in [0.3, 0.4) is 0 Å². The van der Waals surface area contributed by atoms with Crippen LogP contribution in [0.5, 0.6) is 5.88 Å². The lowest BCUT2D eigenvalue weighted by molar-refractivity contribution is 0.397. The van der Waals surface area contributed by atoms with Gasteiger partial charge in [0.1, 0.15) is 0 Å². The Morgan fingerprint density at radius 1 is 1.36 bits per heavy atom. The molecule has 0 amide bonds. The summed E-state index contributed by atoms with van der Waals surface area (Å²) < 4.78 is 5.08. The van der Waals surface area contributed by atoms with E-state index in [0.29, 0.717) is 24.4 Å². The van der Waals surface area contributed by atoms with Gasteiger partial charge < -0.3 is 15.8 Å². The maximum Gasteiger partial charge on any atom is 0.213 e. The van der Waals surface area contributed by atoms with Gasteiger partial charge in [0.05, 0.1) is 13.7 Å². The zero-order valence-electron chi connectivity index (χ0n) is 14.0. The van der Waals surface area contributed by atoms with E-state index in [1.165, 1.54) is 12.8 Å². The molecule has 0 radical (unpaired) electrons. The molecule has 0 saturated heterocycles. The summed E-state index contributed by atoms with van der Waals surface area (Å²) in [6.45, 7) is 7.16. The zero-order valence-corrected chi connectivity index (χ0v) is 16.3. The highest BCUT2D eigenvalue weighted by molar-refractivity contribution is 14.0. The topological polar surface area (TPSA) is 72.5 Å². The van der Waals surface area contributed by atoms with Crippen molar-refractivity contribution in [2.45, 2.75) is 52.6 Å². The van der Waals surface area contributed by atoms with Crippen LogP contribution in [0.1, 0.15) is 45.6 Å². The van der Waals surface area contributed by atoms with Crippen molar-refractivity contribution in [3.63, 3.8) is 0 Å². The van der Waals surface area contributed by atoms with Gasteiger partial charge in [0.25, 0.3) is 0 Å². The molecule has 0 bridgehead atoms. The summed E-state index contributed by atoms with van der Waals surface area (Å²) in [5.74, 6) is 1.84. The number of nitrogens with one attached hydrogen (secondary N) is 1. The van der Waals surface area contributed by atoms with Crippen LogP contribution in [0.25, 0.3) is 0 Å². The fourth-order valence-electron chi connectivity index (χ4n) is 2.04. The summed E-state index contributed by atoms with van der Waals surface area (Å²) in [4.78, 5) is 8.42. The lowest BCUT2D eigenvalue weighted by atomic mass is 10.0. The van der Waals surface area contributed by atoms with E-state index >= 15 is 0 Å². The van der Waals surface area contributed by atoms with Crippen molar-refractivity contribution in [3.8, 4) is 5.88 Å². The molecular formula is C16H29IN4O. The van der Waals surface area contributed by atoms with Gasteiger partial charge in [-0.1, -0.05) is 26.7 Å². The van der Waals surface area contributed by atoms with E-state index in [2.05, 4.69) is 36.1 Å². The summed E-state index contributed by atoms with van der Waals surface area (Å²) in [6, 6.07) is 4.12. The van der Waals surface area contributed by atoms with Gasteiger partial charge in [-0.05, 0) is 30.9 Å². The molecule has 1 unspecified atom stereocenters. The number of hydrogen-bond acceptors (Lipinski definition) is 3. The first-order valence-corrected chi connectivity index (χ1v) is 7.56. The normalized spacial score (nSPS) is 12.7. The molecule has 1 heterocycles. The Hall–Kier alpha value is -1.05. The lowest BCUT2D eigenvalue weighted by Gasteiger charge is -2.15. The van der Waals surface area contributed by atoms with Crippen molar-refractivity contribution in [1.29, 1.82) is 0 Å². The number of nitrogens with zero attached hydrogens (tertiary/aromatic N) is 2. The molecule has 6 heteroatoms. The van der Waals surface area contributed by atoms with Crippen LogP contribution in [0.15, 0.2) is 23.3 Å². The number of ether oxygens (including phenoxy) is 1. The van der Waals surface area contributed by atoms with E-state index in [9.17, 15) is 0 Å². The number of halogens is 1. The molecule has 3 N–H and O–H groups in total. The number of aliphatic imine (C=N–C) groups is 1. The largest absolute Gasteiger partial charge is 0.481 e. The van der Waals surface area contributed by atoms with Crippen LogP contribution in [-0.2, 0) is 6.54 Å². The van der Waals surface area contributed by atoms with Gasteiger partial charge >= 0.3 is 0 Å². The van der Waals surface area contributed by atoms with Gasteiger partial charge in [-0.15, -0.1) is 24.0 Å². The third kappa shape index (κ3) is 9.07. The molecule has 0 fully saturated rings. The van der Waals surface area contributed by atoms with Crippen molar-refractivity contribution in [2.75, 3.05) is 7.11 Å². The molecular weight excluding hydrogens is 391 g/mol. The fourth-order valence-corrected chi connectivity index (χ4v) is 2.04. The van der Waals surface area contributed by atoms with E-state index in [-0.39, 0.29) is 24.0 Å². The summed E-state index contributed by atoms with van der Waals surface area (Å²) in [5.41, 5.74) is 6.94. The van der Waals surface area contributed by atoms with Crippen LogP contribution in [0.2, 0.25) is 0 Å². The van der Waals surface area contributed by atoms with Crippen molar-refractivity contribution >= 4 is 29.9 Å². The Bertz CT molecular complexity index is 452. The van der Waals surface area contributed by atoms with Crippen LogP contribution in [-0.4, -0.2) is 24.1 Å². The Morgan fingerprint density at radius 3 is 2.73 bits per heavy atom. The minimum Gasteiger partial charge on any atom is -0.481 e. The van der Waals surface area contributed by atoms with Gasteiger partial charge in [-0.25, -0.2) is 9.98 Å². The molecule has 0 aliphatic carbocycles. The Balaban J connectivity index is 0.00000441. The molecule has 0 spiro atoms. The van der Waals surface area contributed by atoms with Crippen molar-refractivity contribution < 1.29 is 4.74 Å². The monoisotopic (exact) mass is 420 g/mol. The third-order valence-electron chi connectivity index (χ3n) is 3.25. The van der Waals surface area contributed by atoms with Crippen LogP contribution in [0, 0.1) is 5.92 Å². The quantitative estimate of drug-likeness (QED) is 0.385. The standard InChI is InChI=1S/C16H28N4O.HI/c1-12(2)6-5-7-13(3)20-16(17)19-11-14-8-9-18-15(10-14)21-4;/h8-10,12-13H,5-7,11H2,1-4H3,(H3,17,19,20);1H. The molecule has 5 nitrogen and oxygen atoms in total. The SMILES string of the molecule is COc1cc(CN=C(N)NC(C)CCCC(C)C)ccn1.I. The first-order chi connectivity index (χ1) is 10.0. The Kier molecular flexibility index (Phi) is 11.0. The second-order valence-corrected chi connectivity index (χ2v) is 5.78. The molecule has 0 aromatic carbocycles. The minimum atomic E-state index is 0. The second kappa shape index (κ2) is 11.5. The summed E-state index contributed by atoms with van der Waals surface area (Å²) in [7, 11) is 1.60. The number of pyridine rings is 1.